The summed E-state index contributed by atoms with van der Waals surface area (Å²) in [6.45, 7) is 4.39. The molecule has 0 aliphatic heterocycles. The third kappa shape index (κ3) is 3.65. The van der Waals surface area contributed by atoms with Crippen LogP contribution in [0, 0.1) is 0 Å². The van der Waals surface area contributed by atoms with Gasteiger partial charge in [-0.05, 0) is 24.0 Å². The lowest BCUT2D eigenvalue weighted by Crippen LogP contribution is -2.33. The summed E-state index contributed by atoms with van der Waals surface area (Å²) >= 11 is 0. The minimum absolute atomic E-state index is 0.422. The molecule has 0 bridgehead atoms. The first-order chi connectivity index (χ1) is 7.17. The Balaban J connectivity index is 2.74. The van der Waals surface area contributed by atoms with Crippen LogP contribution in [0.5, 0.6) is 0 Å². The Morgan fingerprint density at radius 2 is 1.73 bits per heavy atom. The normalized spacial score (nSPS) is 13.1. The Kier molecular flexibility index (Phi) is 4.79. The maximum absolute atomic E-state index is 3.42. The molecule has 0 fully saturated rings. The molecule has 1 atom stereocenters. The van der Waals surface area contributed by atoms with Gasteiger partial charge in [0.25, 0.3) is 0 Å². The standard InChI is InChI=1S/C13H22N2/c1-5-11-7-9-12(10-8-11)13(6-2)14-15(3)4/h7-10,13-14H,5-6H2,1-4H3. The molecule has 1 aromatic rings. The Morgan fingerprint density at radius 1 is 1.13 bits per heavy atom. The molecule has 0 amide bonds. The Hall–Kier alpha value is -0.860. The first-order valence-corrected chi connectivity index (χ1v) is 5.69. The van der Waals surface area contributed by atoms with Gasteiger partial charge in [0.05, 0.1) is 0 Å². The molecule has 0 aliphatic rings. The molecule has 1 N–H and O–H groups in total. The van der Waals surface area contributed by atoms with Gasteiger partial charge in [-0.15, -0.1) is 0 Å². The van der Waals surface area contributed by atoms with E-state index in [-0.39, 0.29) is 0 Å². The number of aryl methyl sites for hydroxylation is 1. The monoisotopic (exact) mass is 206 g/mol. The fourth-order valence-electron chi connectivity index (χ4n) is 1.70. The highest BCUT2D eigenvalue weighted by Gasteiger charge is 2.08. The molecule has 0 saturated carbocycles. The van der Waals surface area contributed by atoms with E-state index in [9.17, 15) is 0 Å². The van der Waals surface area contributed by atoms with Crippen LogP contribution in [0.4, 0.5) is 0 Å². The third-order valence-corrected chi connectivity index (χ3v) is 2.61. The summed E-state index contributed by atoms with van der Waals surface area (Å²) in [4.78, 5) is 0. The summed E-state index contributed by atoms with van der Waals surface area (Å²) in [5.41, 5.74) is 6.18. The maximum atomic E-state index is 3.42. The summed E-state index contributed by atoms with van der Waals surface area (Å²) in [6.07, 6.45) is 2.21. The predicted molar refractivity (Wildman–Crippen MR) is 65.7 cm³/mol. The van der Waals surface area contributed by atoms with Gasteiger partial charge in [0.1, 0.15) is 0 Å². The van der Waals surface area contributed by atoms with Crippen molar-refractivity contribution in [3.63, 3.8) is 0 Å². The lowest BCUT2D eigenvalue weighted by molar-refractivity contribution is 0.239. The molecule has 0 aromatic heterocycles. The number of hydrogen-bond acceptors (Lipinski definition) is 2. The second-order valence-electron chi connectivity index (χ2n) is 4.08. The molecule has 0 spiro atoms. The molecule has 2 heteroatoms. The molecule has 1 aromatic carbocycles. The third-order valence-electron chi connectivity index (χ3n) is 2.61. The smallest absolute Gasteiger partial charge is 0.0461 e. The molecular weight excluding hydrogens is 184 g/mol. The number of hydrazine groups is 1. The van der Waals surface area contributed by atoms with Gasteiger partial charge in [-0.2, -0.15) is 0 Å². The Labute approximate surface area is 93.3 Å². The van der Waals surface area contributed by atoms with Crippen LogP contribution >= 0.6 is 0 Å². The van der Waals surface area contributed by atoms with Crippen molar-refractivity contribution in [3.8, 4) is 0 Å². The number of nitrogens with zero attached hydrogens (tertiary/aromatic N) is 1. The number of rotatable bonds is 5. The zero-order valence-electron chi connectivity index (χ0n) is 10.2. The van der Waals surface area contributed by atoms with E-state index in [0.29, 0.717) is 6.04 Å². The second kappa shape index (κ2) is 5.89. The zero-order valence-corrected chi connectivity index (χ0v) is 10.2. The zero-order chi connectivity index (χ0) is 11.3. The molecule has 84 valence electrons. The van der Waals surface area contributed by atoms with Crippen molar-refractivity contribution in [3.05, 3.63) is 35.4 Å². The van der Waals surface area contributed by atoms with Crippen LogP contribution in [0.2, 0.25) is 0 Å². The summed E-state index contributed by atoms with van der Waals surface area (Å²) in [5, 5.41) is 2.02. The van der Waals surface area contributed by atoms with E-state index in [1.54, 1.807) is 0 Å². The molecule has 15 heavy (non-hydrogen) atoms. The fourth-order valence-corrected chi connectivity index (χ4v) is 1.70. The summed E-state index contributed by atoms with van der Waals surface area (Å²) < 4.78 is 0. The van der Waals surface area contributed by atoms with Crippen LogP contribution in [0.3, 0.4) is 0 Å². The van der Waals surface area contributed by atoms with Crippen LogP contribution < -0.4 is 5.43 Å². The van der Waals surface area contributed by atoms with E-state index in [0.717, 1.165) is 12.8 Å². The lowest BCUT2D eigenvalue weighted by atomic mass is 10.0. The summed E-state index contributed by atoms with van der Waals surface area (Å²) in [7, 11) is 4.06. The van der Waals surface area contributed by atoms with Crippen LogP contribution in [0.25, 0.3) is 0 Å². The van der Waals surface area contributed by atoms with Gasteiger partial charge >= 0.3 is 0 Å². The largest absolute Gasteiger partial charge is 0.250 e. The first kappa shape index (κ1) is 12.2. The van der Waals surface area contributed by atoms with Crippen LogP contribution in [-0.4, -0.2) is 19.1 Å². The van der Waals surface area contributed by atoms with Crippen LogP contribution in [-0.2, 0) is 6.42 Å². The van der Waals surface area contributed by atoms with Crippen molar-refractivity contribution in [2.24, 2.45) is 0 Å². The second-order valence-corrected chi connectivity index (χ2v) is 4.08. The number of benzene rings is 1. The van der Waals surface area contributed by atoms with E-state index in [1.807, 2.05) is 19.1 Å². The van der Waals surface area contributed by atoms with E-state index >= 15 is 0 Å². The van der Waals surface area contributed by atoms with Crippen molar-refractivity contribution in [1.29, 1.82) is 0 Å². The van der Waals surface area contributed by atoms with Gasteiger partial charge in [-0.25, -0.2) is 5.43 Å². The molecule has 0 radical (unpaired) electrons. The van der Waals surface area contributed by atoms with Crippen LogP contribution in [0.15, 0.2) is 24.3 Å². The highest BCUT2D eigenvalue weighted by atomic mass is 15.5. The van der Waals surface area contributed by atoms with Crippen molar-refractivity contribution in [1.82, 2.24) is 10.4 Å². The SMILES string of the molecule is CCc1ccc(C(CC)NN(C)C)cc1. The van der Waals surface area contributed by atoms with E-state index in [2.05, 4.69) is 43.5 Å². The fraction of sp³-hybridized carbons (Fsp3) is 0.538. The first-order valence-electron chi connectivity index (χ1n) is 5.69. The van der Waals surface area contributed by atoms with Gasteiger partial charge in [0.15, 0.2) is 0 Å². The minimum atomic E-state index is 0.422. The molecular formula is C13H22N2. The quantitative estimate of drug-likeness (QED) is 0.745. The van der Waals surface area contributed by atoms with Gasteiger partial charge < -0.3 is 0 Å². The molecule has 0 heterocycles. The Bertz CT molecular complexity index is 277. The number of hydrogen-bond donors (Lipinski definition) is 1. The van der Waals surface area contributed by atoms with Crippen molar-refractivity contribution < 1.29 is 0 Å². The summed E-state index contributed by atoms with van der Waals surface area (Å²) in [5.74, 6) is 0. The van der Waals surface area contributed by atoms with Gasteiger partial charge in [-0.1, -0.05) is 38.1 Å². The molecule has 1 rings (SSSR count). The highest BCUT2D eigenvalue weighted by molar-refractivity contribution is 5.24. The number of nitrogens with one attached hydrogen (secondary N) is 1. The topological polar surface area (TPSA) is 15.3 Å². The minimum Gasteiger partial charge on any atom is -0.250 e. The predicted octanol–water partition coefficient (Wildman–Crippen LogP) is 2.77. The molecule has 0 saturated heterocycles. The van der Waals surface area contributed by atoms with Crippen molar-refractivity contribution in [2.45, 2.75) is 32.7 Å². The molecule has 0 aliphatic carbocycles. The average Bonchev–Trinajstić information content (AvgIpc) is 2.26. The van der Waals surface area contributed by atoms with Gasteiger partial charge in [-0.3, -0.25) is 5.01 Å². The van der Waals surface area contributed by atoms with E-state index in [4.69, 9.17) is 0 Å². The van der Waals surface area contributed by atoms with Crippen molar-refractivity contribution in [2.75, 3.05) is 14.1 Å². The maximum Gasteiger partial charge on any atom is 0.0461 e. The Morgan fingerprint density at radius 3 is 2.13 bits per heavy atom. The van der Waals surface area contributed by atoms with E-state index < -0.39 is 0 Å². The van der Waals surface area contributed by atoms with Gasteiger partial charge in [0.2, 0.25) is 0 Å². The van der Waals surface area contributed by atoms with E-state index in [1.165, 1.54) is 11.1 Å². The highest BCUT2D eigenvalue weighted by Crippen LogP contribution is 2.17. The molecule has 1 unspecified atom stereocenters. The van der Waals surface area contributed by atoms with Crippen molar-refractivity contribution >= 4 is 0 Å². The molecule has 2 nitrogen and oxygen atoms in total. The summed E-state index contributed by atoms with van der Waals surface area (Å²) in [6, 6.07) is 9.31. The lowest BCUT2D eigenvalue weighted by Gasteiger charge is -2.22. The van der Waals surface area contributed by atoms with Gasteiger partial charge in [0, 0.05) is 20.1 Å². The average molecular weight is 206 g/mol. The van der Waals surface area contributed by atoms with Crippen LogP contribution in [0.1, 0.15) is 37.4 Å².